The number of aromatic amines is 1. The maximum absolute atomic E-state index is 13.7. The maximum Gasteiger partial charge on any atom is 0.352 e. The number of aromatic nitrogens is 1. The molecule has 5 nitrogen and oxygen atoms in total. The van der Waals surface area contributed by atoms with Crippen molar-refractivity contribution in [1.29, 1.82) is 0 Å². The number of hydrogen-bond donors (Lipinski definition) is 3. The fourth-order valence-corrected chi connectivity index (χ4v) is 2.21. The molecule has 2 rings (SSSR count). The number of carboxylic acids is 1. The average Bonchev–Trinajstić information content (AvgIpc) is 2.68. The summed E-state index contributed by atoms with van der Waals surface area (Å²) >= 11 is 0. The highest BCUT2D eigenvalue weighted by Gasteiger charge is 2.22. The van der Waals surface area contributed by atoms with E-state index in [4.69, 9.17) is 5.11 Å². The van der Waals surface area contributed by atoms with Gasteiger partial charge in [-0.15, -0.1) is 0 Å². The minimum Gasteiger partial charge on any atom is -0.477 e. The van der Waals surface area contributed by atoms with Crippen LogP contribution in [-0.4, -0.2) is 22.0 Å². The van der Waals surface area contributed by atoms with Crippen molar-refractivity contribution in [1.82, 2.24) is 4.98 Å². The zero-order chi connectivity index (χ0) is 15.7. The lowest BCUT2D eigenvalue weighted by atomic mass is 10.1. The molecule has 0 aliphatic rings. The Bertz CT molecular complexity index is 735. The second-order valence-corrected chi connectivity index (χ2v) is 4.87. The molecule has 0 spiro atoms. The molecular weight excluding hydrogens is 275 g/mol. The topological polar surface area (TPSA) is 82.2 Å². The third kappa shape index (κ3) is 2.79. The summed E-state index contributed by atoms with van der Waals surface area (Å²) < 4.78 is 13.7. The van der Waals surface area contributed by atoms with Crippen LogP contribution in [-0.2, 0) is 0 Å². The Kier molecular flexibility index (Phi) is 3.80. The van der Waals surface area contributed by atoms with Crippen molar-refractivity contribution in [2.45, 2.75) is 20.8 Å². The Hall–Kier alpha value is -2.63. The van der Waals surface area contributed by atoms with E-state index in [1.807, 2.05) is 0 Å². The number of nitrogens with one attached hydrogen (secondary N) is 2. The number of carbonyl (C=O) groups excluding carboxylic acids is 1. The Morgan fingerprint density at radius 3 is 2.43 bits per heavy atom. The van der Waals surface area contributed by atoms with Gasteiger partial charge in [-0.05, 0) is 44.0 Å². The van der Waals surface area contributed by atoms with Crippen molar-refractivity contribution in [3.63, 3.8) is 0 Å². The summed E-state index contributed by atoms with van der Waals surface area (Å²) in [5.41, 5.74) is 1.73. The van der Waals surface area contributed by atoms with Gasteiger partial charge in [0.05, 0.1) is 11.3 Å². The molecule has 1 aromatic heterocycles. The molecule has 0 bridgehead atoms. The van der Waals surface area contributed by atoms with E-state index < -0.39 is 17.7 Å². The summed E-state index contributed by atoms with van der Waals surface area (Å²) in [6.07, 6.45) is 0. The van der Waals surface area contributed by atoms with E-state index in [9.17, 15) is 14.0 Å². The van der Waals surface area contributed by atoms with E-state index in [-0.39, 0.29) is 16.9 Å². The van der Waals surface area contributed by atoms with Gasteiger partial charge in [0.25, 0.3) is 5.91 Å². The number of hydrogen-bond acceptors (Lipinski definition) is 2. The average molecular weight is 290 g/mol. The quantitative estimate of drug-likeness (QED) is 0.812. The summed E-state index contributed by atoms with van der Waals surface area (Å²) in [5.74, 6) is -2.22. The zero-order valence-electron chi connectivity index (χ0n) is 11.9. The predicted molar refractivity (Wildman–Crippen MR) is 76.3 cm³/mol. The number of anilines is 1. The van der Waals surface area contributed by atoms with Crippen LogP contribution in [0.15, 0.2) is 18.2 Å². The fourth-order valence-electron chi connectivity index (χ4n) is 2.21. The summed E-state index contributed by atoms with van der Waals surface area (Å²) in [6.45, 7) is 4.88. The molecule has 110 valence electrons. The van der Waals surface area contributed by atoms with E-state index in [1.54, 1.807) is 19.9 Å². The van der Waals surface area contributed by atoms with Gasteiger partial charge in [-0.3, -0.25) is 4.79 Å². The van der Waals surface area contributed by atoms with Crippen LogP contribution in [0.4, 0.5) is 10.1 Å². The standard InChI is InChI=1S/C15H15FN2O3/c1-7-4-5-11(10(16)6-7)18-14(19)12-8(2)13(15(20)21)17-9(12)3/h4-6,17H,1-3H3,(H,18,19)(H,20,21). The van der Waals surface area contributed by atoms with Gasteiger partial charge in [0.2, 0.25) is 0 Å². The minimum absolute atomic E-state index is 0.0398. The molecule has 6 heteroatoms. The number of halogens is 1. The molecule has 21 heavy (non-hydrogen) atoms. The van der Waals surface area contributed by atoms with Crippen LogP contribution in [0, 0.1) is 26.6 Å². The first kappa shape index (κ1) is 14.8. The van der Waals surface area contributed by atoms with Crippen LogP contribution in [0.1, 0.15) is 37.7 Å². The summed E-state index contributed by atoms with van der Waals surface area (Å²) in [6, 6.07) is 4.46. The second kappa shape index (κ2) is 5.40. The highest BCUT2D eigenvalue weighted by molar-refractivity contribution is 6.08. The Labute approximate surface area is 120 Å². The molecular formula is C15H15FN2O3. The monoisotopic (exact) mass is 290 g/mol. The summed E-state index contributed by atoms with van der Waals surface area (Å²) in [5, 5.41) is 11.5. The Morgan fingerprint density at radius 2 is 1.90 bits per heavy atom. The van der Waals surface area contributed by atoms with E-state index in [1.165, 1.54) is 19.1 Å². The van der Waals surface area contributed by atoms with E-state index in [0.29, 0.717) is 11.3 Å². The number of amides is 1. The van der Waals surface area contributed by atoms with Gasteiger partial charge >= 0.3 is 5.97 Å². The van der Waals surface area contributed by atoms with Crippen LogP contribution in [0.25, 0.3) is 0 Å². The van der Waals surface area contributed by atoms with Gasteiger partial charge in [0, 0.05) is 5.69 Å². The van der Waals surface area contributed by atoms with Crippen LogP contribution in [0.3, 0.4) is 0 Å². The van der Waals surface area contributed by atoms with Gasteiger partial charge in [-0.25, -0.2) is 9.18 Å². The normalized spacial score (nSPS) is 10.5. The highest BCUT2D eigenvalue weighted by atomic mass is 19.1. The van der Waals surface area contributed by atoms with Gasteiger partial charge in [0.15, 0.2) is 0 Å². The van der Waals surface area contributed by atoms with Gasteiger partial charge < -0.3 is 15.4 Å². The van der Waals surface area contributed by atoms with Crippen LogP contribution < -0.4 is 5.32 Å². The van der Waals surface area contributed by atoms with Crippen molar-refractivity contribution >= 4 is 17.6 Å². The summed E-state index contributed by atoms with van der Waals surface area (Å²) in [7, 11) is 0. The number of aromatic carboxylic acids is 1. The molecule has 1 heterocycles. The third-order valence-electron chi connectivity index (χ3n) is 3.25. The molecule has 0 saturated carbocycles. The van der Waals surface area contributed by atoms with Crippen LogP contribution >= 0.6 is 0 Å². The first-order valence-corrected chi connectivity index (χ1v) is 6.31. The van der Waals surface area contributed by atoms with Crippen molar-refractivity contribution < 1.29 is 19.1 Å². The van der Waals surface area contributed by atoms with Gasteiger partial charge in [-0.2, -0.15) is 0 Å². The molecule has 0 unspecified atom stereocenters. The SMILES string of the molecule is Cc1ccc(NC(=O)c2c(C)[nH]c(C(=O)O)c2C)c(F)c1. The summed E-state index contributed by atoms with van der Waals surface area (Å²) in [4.78, 5) is 25.9. The highest BCUT2D eigenvalue weighted by Crippen LogP contribution is 2.21. The molecule has 0 aliphatic heterocycles. The molecule has 0 radical (unpaired) electrons. The smallest absolute Gasteiger partial charge is 0.352 e. The Morgan fingerprint density at radius 1 is 1.24 bits per heavy atom. The number of rotatable bonds is 3. The molecule has 0 atom stereocenters. The largest absolute Gasteiger partial charge is 0.477 e. The fraction of sp³-hybridized carbons (Fsp3) is 0.200. The predicted octanol–water partition coefficient (Wildman–Crippen LogP) is 3.03. The lowest BCUT2D eigenvalue weighted by molar-refractivity contribution is 0.0690. The van der Waals surface area contributed by atoms with Crippen molar-refractivity contribution in [2.75, 3.05) is 5.32 Å². The number of H-pyrrole nitrogens is 1. The van der Waals surface area contributed by atoms with Crippen molar-refractivity contribution in [3.05, 3.63) is 52.1 Å². The number of aryl methyl sites for hydroxylation is 2. The minimum atomic E-state index is -1.14. The van der Waals surface area contributed by atoms with E-state index in [2.05, 4.69) is 10.3 Å². The van der Waals surface area contributed by atoms with E-state index >= 15 is 0 Å². The van der Waals surface area contributed by atoms with E-state index in [0.717, 1.165) is 5.56 Å². The first-order valence-electron chi connectivity index (χ1n) is 6.31. The van der Waals surface area contributed by atoms with Crippen molar-refractivity contribution in [2.24, 2.45) is 0 Å². The molecule has 1 amide bonds. The van der Waals surface area contributed by atoms with Gasteiger partial charge in [-0.1, -0.05) is 6.07 Å². The van der Waals surface area contributed by atoms with Crippen LogP contribution in [0.2, 0.25) is 0 Å². The molecule has 0 fully saturated rings. The number of benzene rings is 1. The zero-order valence-corrected chi connectivity index (χ0v) is 11.9. The molecule has 2 aromatic rings. The molecule has 0 saturated heterocycles. The number of carboxylic acid groups (broad SMARTS) is 1. The Balaban J connectivity index is 2.35. The second-order valence-electron chi connectivity index (χ2n) is 4.87. The maximum atomic E-state index is 13.7. The lowest BCUT2D eigenvalue weighted by Crippen LogP contribution is -2.15. The molecule has 0 aliphatic carbocycles. The number of carbonyl (C=O) groups is 2. The van der Waals surface area contributed by atoms with Crippen molar-refractivity contribution in [3.8, 4) is 0 Å². The first-order chi connectivity index (χ1) is 9.81. The van der Waals surface area contributed by atoms with Gasteiger partial charge in [0.1, 0.15) is 11.5 Å². The third-order valence-corrected chi connectivity index (χ3v) is 3.25. The van der Waals surface area contributed by atoms with Crippen LogP contribution in [0.5, 0.6) is 0 Å². The molecule has 1 aromatic carbocycles. The lowest BCUT2D eigenvalue weighted by Gasteiger charge is -2.07. The molecule has 3 N–H and O–H groups in total.